The minimum absolute atomic E-state index is 0.0241. The minimum atomic E-state index is -0.0241. The minimum Gasteiger partial charge on any atom is -0.310 e. The van der Waals surface area contributed by atoms with Crippen LogP contribution in [-0.2, 0) is 6.54 Å². The van der Waals surface area contributed by atoms with Crippen molar-refractivity contribution in [2.75, 3.05) is 6.54 Å². The maximum absolute atomic E-state index is 11.7. The molecular weight excluding hydrogens is 234 g/mol. The fourth-order valence-corrected chi connectivity index (χ4v) is 2.65. The number of rotatable bonds is 5. The number of H-pyrrole nitrogens is 1. The van der Waals surface area contributed by atoms with Crippen molar-refractivity contribution >= 4 is 21.6 Å². The Hall–Kier alpha value is -1.20. The predicted octanol–water partition coefficient (Wildman–Crippen LogP) is 1.87. The van der Waals surface area contributed by atoms with Crippen LogP contribution in [-0.4, -0.2) is 16.5 Å². The summed E-state index contributed by atoms with van der Waals surface area (Å²) >= 11 is 1.44. The number of hydrogen-bond acceptors (Lipinski definition) is 4. The van der Waals surface area contributed by atoms with Gasteiger partial charge in [0.05, 0.1) is 12.1 Å². The molecule has 3 rings (SSSR count). The van der Waals surface area contributed by atoms with E-state index < -0.39 is 0 Å². The van der Waals surface area contributed by atoms with E-state index in [4.69, 9.17) is 0 Å². The summed E-state index contributed by atoms with van der Waals surface area (Å²) in [7, 11) is 0. The molecule has 0 bridgehead atoms. The Morgan fingerprint density at radius 1 is 1.53 bits per heavy atom. The number of hydrogen-bond donors (Lipinski definition) is 2. The third-order valence-corrected chi connectivity index (χ3v) is 3.99. The molecule has 0 aromatic carbocycles. The summed E-state index contributed by atoms with van der Waals surface area (Å²) in [4.78, 5) is 18.9. The van der Waals surface area contributed by atoms with E-state index in [0.717, 1.165) is 23.8 Å². The molecule has 17 heavy (non-hydrogen) atoms. The number of nitrogens with zero attached hydrogens (tertiary/aromatic N) is 1. The van der Waals surface area contributed by atoms with Crippen molar-refractivity contribution in [2.24, 2.45) is 5.92 Å². The number of aromatic nitrogens is 2. The van der Waals surface area contributed by atoms with Gasteiger partial charge in [0.25, 0.3) is 5.56 Å². The molecule has 1 aliphatic rings. The summed E-state index contributed by atoms with van der Waals surface area (Å²) in [6, 6.07) is 1.89. The molecule has 0 atom stereocenters. The van der Waals surface area contributed by atoms with Crippen LogP contribution >= 0.6 is 11.3 Å². The summed E-state index contributed by atoms with van der Waals surface area (Å²) in [6.45, 7) is 1.66. The Labute approximate surface area is 103 Å². The molecule has 2 N–H and O–H groups in total. The predicted molar refractivity (Wildman–Crippen MR) is 69.3 cm³/mol. The molecule has 0 saturated heterocycles. The molecule has 2 aromatic rings. The molecule has 1 saturated carbocycles. The topological polar surface area (TPSA) is 57.8 Å². The van der Waals surface area contributed by atoms with E-state index in [9.17, 15) is 4.79 Å². The molecule has 0 radical (unpaired) electrons. The summed E-state index contributed by atoms with van der Waals surface area (Å²) in [5, 5.41) is 5.23. The second kappa shape index (κ2) is 4.58. The molecule has 0 unspecified atom stereocenters. The summed E-state index contributed by atoms with van der Waals surface area (Å²) < 4.78 is 0.715. The van der Waals surface area contributed by atoms with E-state index in [1.807, 2.05) is 11.4 Å². The van der Waals surface area contributed by atoms with Gasteiger partial charge in [-0.05, 0) is 30.3 Å². The largest absolute Gasteiger partial charge is 0.310 e. The normalized spacial score (nSPS) is 15.5. The second-order valence-corrected chi connectivity index (χ2v) is 5.47. The lowest BCUT2D eigenvalue weighted by atomic mass is 10.3. The Kier molecular flexibility index (Phi) is 2.94. The monoisotopic (exact) mass is 249 g/mol. The van der Waals surface area contributed by atoms with Gasteiger partial charge >= 0.3 is 0 Å². The fourth-order valence-electron chi connectivity index (χ4n) is 1.92. The standard InChI is InChI=1S/C12H15N3OS/c16-12-11-9(4-6-17-11)14-10(15-12)7-13-5-3-8-1-2-8/h4,6,8,13H,1-3,5,7H2,(H,14,15,16). The highest BCUT2D eigenvalue weighted by Crippen LogP contribution is 2.31. The van der Waals surface area contributed by atoms with Gasteiger partial charge in [-0.2, -0.15) is 0 Å². The molecule has 0 aliphatic heterocycles. The Balaban J connectivity index is 1.65. The molecular formula is C12H15N3OS. The van der Waals surface area contributed by atoms with Crippen molar-refractivity contribution in [1.29, 1.82) is 0 Å². The number of fused-ring (bicyclic) bond motifs is 1. The SMILES string of the molecule is O=c1[nH]c(CNCCC2CC2)nc2ccsc12. The number of thiophene rings is 1. The van der Waals surface area contributed by atoms with Crippen molar-refractivity contribution in [3.05, 3.63) is 27.6 Å². The van der Waals surface area contributed by atoms with Crippen LogP contribution in [0.4, 0.5) is 0 Å². The molecule has 2 heterocycles. The van der Waals surface area contributed by atoms with Crippen LogP contribution in [0.25, 0.3) is 10.2 Å². The first-order valence-electron chi connectivity index (χ1n) is 6.00. The molecule has 4 nitrogen and oxygen atoms in total. The number of aromatic amines is 1. The van der Waals surface area contributed by atoms with Crippen LogP contribution in [0.5, 0.6) is 0 Å². The first-order valence-corrected chi connectivity index (χ1v) is 6.88. The third kappa shape index (κ3) is 2.56. The molecule has 90 valence electrons. The van der Waals surface area contributed by atoms with E-state index in [1.165, 1.54) is 30.6 Å². The highest BCUT2D eigenvalue weighted by atomic mass is 32.1. The molecule has 0 amide bonds. The Bertz CT molecular complexity index is 570. The highest BCUT2D eigenvalue weighted by Gasteiger charge is 2.19. The molecule has 2 aromatic heterocycles. The lowest BCUT2D eigenvalue weighted by Gasteiger charge is -2.03. The Morgan fingerprint density at radius 2 is 2.41 bits per heavy atom. The maximum Gasteiger partial charge on any atom is 0.268 e. The second-order valence-electron chi connectivity index (χ2n) is 4.56. The average molecular weight is 249 g/mol. The van der Waals surface area contributed by atoms with Crippen LogP contribution in [0.2, 0.25) is 0 Å². The van der Waals surface area contributed by atoms with Gasteiger partial charge in [-0.15, -0.1) is 11.3 Å². The van der Waals surface area contributed by atoms with E-state index in [-0.39, 0.29) is 5.56 Å². The van der Waals surface area contributed by atoms with Gasteiger partial charge in [0, 0.05) is 0 Å². The summed E-state index contributed by atoms with van der Waals surface area (Å²) in [5.74, 6) is 1.67. The van der Waals surface area contributed by atoms with Crippen LogP contribution in [0.15, 0.2) is 16.2 Å². The smallest absolute Gasteiger partial charge is 0.268 e. The maximum atomic E-state index is 11.7. The molecule has 1 fully saturated rings. The van der Waals surface area contributed by atoms with Crippen molar-refractivity contribution in [3.63, 3.8) is 0 Å². The number of nitrogens with one attached hydrogen (secondary N) is 2. The zero-order valence-corrected chi connectivity index (χ0v) is 10.3. The van der Waals surface area contributed by atoms with E-state index >= 15 is 0 Å². The van der Waals surface area contributed by atoms with Crippen molar-refractivity contribution < 1.29 is 0 Å². The highest BCUT2D eigenvalue weighted by molar-refractivity contribution is 7.17. The molecule has 1 aliphatic carbocycles. The van der Waals surface area contributed by atoms with Crippen LogP contribution in [0.1, 0.15) is 25.1 Å². The molecule has 0 spiro atoms. The average Bonchev–Trinajstić information content (AvgIpc) is 3.01. The van der Waals surface area contributed by atoms with Gasteiger partial charge in [0.15, 0.2) is 0 Å². The first kappa shape index (κ1) is 10.9. The van der Waals surface area contributed by atoms with E-state index in [1.54, 1.807) is 0 Å². The van der Waals surface area contributed by atoms with Crippen LogP contribution < -0.4 is 10.9 Å². The van der Waals surface area contributed by atoms with Crippen LogP contribution in [0.3, 0.4) is 0 Å². The van der Waals surface area contributed by atoms with E-state index in [2.05, 4.69) is 15.3 Å². The van der Waals surface area contributed by atoms with E-state index in [0.29, 0.717) is 11.2 Å². The quantitative estimate of drug-likeness (QED) is 0.795. The zero-order valence-electron chi connectivity index (χ0n) is 9.53. The van der Waals surface area contributed by atoms with Gasteiger partial charge in [-0.25, -0.2) is 4.98 Å². The van der Waals surface area contributed by atoms with Gasteiger partial charge in [-0.1, -0.05) is 12.8 Å². The van der Waals surface area contributed by atoms with Crippen LogP contribution in [0, 0.1) is 5.92 Å². The van der Waals surface area contributed by atoms with Crippen molar-refractivity contribution in [2.45, 2.75) is 25.8 Å². The van der Waals surface area contributed by atoms with Gasteiger partial charge in [0.1, 0.15) is 10.5 Å². The summed E-state index contributed by atoms with van der Waals surface area (Å²) in [6.07, 6.45) is 4.01. The molecule has 5 heteroatoms. The zero-order chi connectivity index (χ0) is 11.7. The lowest BCUT2D eigenvalue weighted by molar-refractivity contribution is 0.599. The lowest BCUT2D eigenvalue weighted by Crippen LogP contribution is -2.20. The first-order chi connectivity index (χ1) is 8.33. The summed E-state index contributed by atoms with van der Waals surface area (Å²) in [5.41, 5.74) is 0.779. The van der Waals surface area contributed by atoms with Crippen molar-refractivity contribution in [1.82, 2.24) is 15.3 Å². The van der Waals surface area contributed by atoms with Gasteiger partial charge < -0.3 is 10.3 Å². The van der Waals surface area contributed by atoms with Gasteiger partial charge in [-0.3, -0.25) is 4.79 Å². The van der Waals surface area contributed by atoms with Crippen molar-refractivity contribution in [3.8, 4) is 0 Å². The fraction of sp³-hybridized carbons (Fsp3) is 0.500. The Morgan fingerprint density at radius 3 is 3.24 bits per heavy atom. The van der Waals surface area contributed by atoms with Gasteiger partial charge in [0.2, 0.25) is 0 Å². The third-order valence-electron chi connectivity index (χ3n) is 3.08.